The molecule has 4 aromatic rings. The van der Waals surface area contributed by atoms with E-state index in [1.807, 2.05) is 25.1 Å². The summed E-state index contributed by atoms with van der Waals surface area (Å²) in [4.78, 5) is 8.72. The molecule has 33 heavy (non-hydrogen) atoms. The summed E-state index contributed by atoms with van der Waals surface area (Å²) in [5, 5.41) is 4.07. The fourth-order valence-corrected chi connectivity index (χ4v) is 6.03. The lowest BCUT2D eigenvalue weighted by Crippen LogP contribution is -2.34. The summed E-state index contributed by atoms with van der Waals surface area (Å²) < 4.78 is 11.2. The molecule has 0 saturated heterocycles. The van der Waals surface area contributed by atoms with E-state index in [0.29, 0.717) is 24.2 Å². The van der Waals surface area contributed by atoms with Crippen molar-refractivity contribution in [2.75, 3.05) is 0 Å². The molecule has 0 radical (unpaired) electrons. The minimum atomic E-state index is 0.0636. The predicted molar refractivity (Wildman–Crippen MR) is 126 cm³/mol. The zero-order chi connectivity index (χ0) is 22.3. The Labute approximate surface area is 193 Å². The van der Waals surface area contributed by atoms with Gasteiger partial charge in [-0.1, -0.05) is 54.0 Å². The van der Waals surface area contributed by atoms with E-state index in [0.717, 1.165) is 22.9 Å². The summed E-state index contributed by atoms with van der Waals surface area (Å²) in [6.45, 7) is 2.30. The van der Waals surface area contributed by atoms with Crippen molar-refractivity contribution in [3.8, 4) is 17.1 Å². The molecule has 2 bridgehead atoms. The van der Waals surface area contributed by atoms with E-state index in [2.05, 4.69) is 63.7 Å². The fraction of sp³-hybridized carbons (Fsp3) is 0.321. The third kappa shape index (κ3) is 3.62. The van der Waals surface area contributed by atoms with Crippen molar-refractivity contribution in [1.82, 2.24) is 15.1 Å². The number of hydrogen-bond acceptors (Lipinski definition) is 5. The zero-order valence-corrected chi connectivity index (χ0v) is 18.8. The second kappa shape index (κ2) is 8.14. The van der Waals surface area contributed by atoms with E-state index in [9.17, 15) is 0 Å². The SMILES string of the molecule is Cc1nc(-c2ccc([C@]3(c4ccc(OCc5ccccn5)cc4)CC4CC[C@@H]3C4)cc2)no1. The van der Waals surface area contributed by atoms with Crippen LogP contribution in [0.15, 0.2) is 77.4 Å². The smallest absolute Gasteiger partial charge is 0.223 e. The first-order chi connectivity index (χ1) is 16.2. The summed E-state index contributed by atoms with van der Waals surface area (Å²) in [5.74, 6) is 3.61. The molecule has 2 aromatic carbocycles. The Bertz CT molecular complexity index is 1230. The number of benzene rings is 2. The topological polar surface area (TPSA) is 61.0 Å². The normalized spacial score (nSPS) is 23.7. The highest BCUT2D eigenvalue weighted by Crippen LogP contribution is 2.60. The Morgan fingerprint density at radius 2 is 1.76 bits per heavy atom. The monoisotopic (exact) mass is 437 g/mol. The highest BCUT2D eigenvalue weighted by atomic mass is 16.5. The zero-order valence-electron chi connectivity index (χ0n) is 18.8. The summed E-state index contributed by atoms with van der Waals surface area (Å²) in [5.41, 5.74) is 4.77. The van der Waals surface area contributed by atoms with E-state index < -0.39 is 0 Å². The first-order valence-corrected chi connectivity index (χ1v) is 11.8. The molecule has 1 unspecified atom stereocenters. The largest absolute Gasteiger partial charge is 0.487 e. The van der Waals surface area contributed by atoms with Crippen LogP contribution in [0.4, 0.5) is 0 Å². The number of aromatic nitrogens is 3. The van der Waals surface area contributed by atoms with Gasteiger partial charge in [-0.3, -0.25) is 4.98 Å². The van der Waals surface area contributed by atoms with Crippen LogP contribution in [0.25, 0.3) is 11.4 Å². The van der Waals surface area contributed by atoms with E-state index >= 15 is 0 Å². The number of pyridine rings is 1. The van der Waals surface area contributed by atoms with Gasteiger partial charge < -0.3 is 9.26 Å². The summed E-state index contributed by atoms with van der Waals surface area (Å²) in [6, 6.07) is 23.5. The maximum Gasteiger partial charge on any atom is 0.223 e. The quantitative estimate of drug-likeness (QED) is 0.363. The van der Waals surface area contributed by atoms with Gasteiger partial charge in [0.05, 0.1) is 5.69 Å². The van der Waals surface area contributed by atoms with Gasteiger partial charge in [-0.25, -0.2) is 0 Å². The van der Waals surface area contributed by atoms with Crippen LogP contribution in [0.5, 0.6) is 5.75 Å². The molecule has 2 fully saturated rings. The first-order valence-electron chi connectivity index (χ1n) is 11.8. The van der Waals surface area contributed by atoms with Gasteiger partial charge in [-0.15, -0.1) is 0 Å². The highest BCUT2D eigenvalue weighted by Gasteiger charge is 2.52. The second-order valence-electron chi connectivity index (χ2n) is 9.40. The molecule has 2 heterocycles. The van der Waals surface area contributed by atoms with Crippen LogP contribution in [0.3, 0.4) is 0 Å². The van der Waals surface area contributed by atoms with Crippen molar-refractivity contribution in [1.29, 1.82) is 0 Å². The molecule has 2 saturated carbocycles. The molecule has 6 rings (SSSR count). The number of nitrogens with zero attached hydrogens (tertiary/aromatic N) is 3. The highest BCUT2D eigenvalue weighted by molar-refractivity contribution is 5.56. The minimum absolute atomic E-state index is 0.0636. The van der Waals surface area contributed by atoms with Gasteiger partial charge >= 0.3 is 0 Å². The van der Waals surface area contributed by atoms with Crippen molar-refractivity contribution in [2.24, 2.45) is 11.8 Å². The van der Waals surface area contributed by atoms with Crippen LogP contribution < -0.4 is 4.74 Å². The van der Waals surface area contributed by atoms with Gasteiger partial charge in [0.1, 0.15) is 12.4 Å². The Kier molecular flexibility index (Phi) is 4.97. The van der Waals surface area contributed by atoms with Crippen LogP contribution in [-0.2, 0) is 12.0 Å². The lowest BCUT2D eigenvalue weighted by molar-refractivity contribution is 0.299. The molecular weight excluding hydrogens is 410 g/mol. The van der Waals surface area contributed by atoms with Gasteiger partial charge in [-0.2, -0.15) is 4.98 Å². The van der Waals surface area contributed by atoms with Crippen molar-refractivity contribution < 1.29 is 9.26 Å². The van der Waals surface area contributed by atoms with Crippen molar-refractivity contribution in [3.63, 3.8) is 0 Å². The van der Waals surface area contributed by atoms with Gasteiger partial charge in [0.2, 0.25) is 11.7 Å². The van der Waals surface area contributed by atoms with Crippen LogP contribution in [0.2, 0.25) is 0 Å². The molecule has 3 atom stereocenters. The van der Waals surface area contributed by atoms with Crippen LogP contribution >= 0.6 is 0 Å². The van der Waals surface area contributed by atoms with Crippen LogP contribution in [0.1, 0.15) is 48.4 Å². The molecule has 0 spiro atoms. The third-order valence-electron chi connectivity index (χ3n) is 7.52. The Morgan fingerprint density at radius 1 is 0.970 bits per heavy atom. The number of aryl methyl sites for hydroxylation is 1. The van der Waals surface area contributed by atoms with E-state index in [1.54, 1.807) is 6.20 Å². The summed E-state index contributed by atoms with van der Waals surface area (Å²) in [6.07, 6.45) is 6.99. The molecule has 2 aliphatic rings. The molecule has 2 aromatic heterocycles. The number of hydrogen-bond donors (Lipinski definition) is 0. The fourth-order valence-electron chi connectivity index (χ4n) is 6.03. The average Bonchev–Trinajstić information content (AvgIpc) is 3.61. The van der Waals surface area contributed by atoms with E-state index in [4.69, 9.17) is 9.26 Å². The number of ether oxygens (including phenoxy) is 1. The molecule has 5 nitrogen and oxygen atoms in total. The average molecular weight is 438 g/mol. The van der Waals surface area contributed by atoms with Crippen molar-refractivity contribution in [2.45, 2.75) is 44.6 Å². The Balaban J connectivity index is 1.29. The van der Waals surface area contributed by atoms with E-state index in [-0.39, 0.29) is 5.41 Å². The molecular formula is C28H27N3O2. The van der Waals surface area contributed by atoms with Crippen molar-refractivity contribution in [3.05, 3.63) is 95.6 Å². The third-order valence-corrected chi connectivity index (χ3v) is 7.52. The number of rotatable bonds is 6. The lowest BCUT2D eigenvalue weighted by atomic mass is 9.64. The van der Waals surface area contributed by atoms with Gasteiger partial charge in [0, 0.05) is 24.1 Å². The standard InChI is InChI=1S/C28H27N3O2/c1-19-30-27(31-33-19)21-6-9-22(10-7-21)28(17-20-5-8-24(28)16-20)23-11-13-26(14-12-23)32-18-25-4-2-3-15-29-25/h2-4,6-7,9-15,20,24H,5,8,16-18H2,1H3/t20?,24-,28+/m1/s1. The first kappa shape index (κ1) is 20.2. The second-order valence-corrected chi connectivity index (χ2v) is 9.40. The summed E-state index contributed by atoms with van der Waals surface area (Å²) in [7, 11) is 0. The predicted octanol–water partition coefficient (Wildman–Crippen LogP) is 6.13. The van der Waals surface area contributed by atoms with Crippen molar-refractivity contribution >= 4 is 0 Å². The minimum Gasteiger partial charge on any atom is -0.487 e. The molecule has 0 aliphatic heterocycles. The molecule has 0 N–H and O–H groups in total. The van der Waals surface area contributed by atoms with Gasteiger partial charge in [0.25, 0.3) is 0 Å². The summed E-state index contributed by atoms with van der Waals surface area (Å²) >= 11 is 0. The maximum atomic E-state index is 5.99. The maximum absolute atomic E-state index is 5.99. The van der Waals surface area contributed by atoms with Gasteiger partial charge in [0.15, 0.2) is 0 Å². The molecule has 2 aliphatic carbocycles. The lowest BCUT2D eigenvalue weighted by Gasteiger charge is -2.39. The molecule has 166 valence electrons. The Morgan fingerprint density at radius 3 is 2.36 bits per heavy atom. The van der Waals surface area contributed by atoms with Crippen LogP contribution in [0, 0.1) is 18.8 Å². The van der Waals surface area contributed by atoms with Crippen LogP contribution in [-0.4, -0.2) is 15.1 Å². The van der Waals surface area contributed by atoms with E-state index in [1.165, 1.54) is 36.8 Å². The molecule has 0 amide bonds. The Hall–Kier alpha value is -3.47. The number of fused-ring (bicyclic) bond motifs is 2. The molecule has 5 heteroatoms. The van der Waals surface area contributed by atoms with Gasteiger partial charge in [-0.05, 0) is 66.5 Å².